The molecule has 0 aromatic carbocycles. The summed E-state index contributed by atoms with van der Waals surface area (Å²) in [5, 5.41) is 0. The van der Waals surface area contributed by atoms with Crippen molar-refractivity contribution in [2.24, 2.45) is 0 Å². The van der Waals surface area contributed by atoms with Crippen molar-refractivity contribution in [2.75, 3.05) is 40.3 Å². The summed E-state index contributed by atoms with van der Waals surface area (Å²) in [5.74, 6) is 1.50. The van der Waals surface area contributed by atoms with Crippen LogP contribution >= 0.6 is 7.81 Å². The van der Waals surface area contributed by atoms with E-state index in [-0.39, 0.29) is 0 Å². The van der Waals surface area contributed by atoms with Gasteiger partial charge in [0.1, 0.15) is 0 Å². The number of rotatable bonds is 20. The van der Waals surface area contributed by atoms with E-state index in [2.05, 4.69) is 56.2 Å². The van der Waals surface area contributed by atoms with Crippen LogP contribution in [0.1, 0.15) is 130 Å². The predicted molar refractivity (Wildman–Crippen MR) is 150 cm³/mol. The average molecular weight is 570 g/mol. The number of hydrogen-bond donors (Lipinski definition) is 0. The Balaban J connectivity index is 0. The Morgan fingerprint density at radius 1 is 0.459 bits per heavy atom. The quantitative estimate of drug-likeness (QED) is 0.0360. The first kappa shape index (κ1) is 38.4. The summed E-state index contributed by atoms with van der Waals surface area (Å²) in [7, 11) is -6.12. The minimum atomic E-state index is -10.7. The Labute approximate surface area is 224 Å². The molecule has 0 aliphatic heterocycles. The second kappa shape index (κ2) is 19.4. The van der Waals surface area contributed by atoms with Gasteiger partial charge in [0.2, 0.25) is 0 Å². The number of nitrogens with zero attached hydrogens (tertiary/aromatic N) is 3. The summed E-state index contributed by atoms with van der Waals surface area (Å²) in [6, 6.07) is 0. The Hall–Kier alpha value is -0.720. The molecule has 0 saturated carbocycles. The molecule has 0 atom stereocenters. The molecule has 0 aromatic rings. The molecule has 0 rings (SSSR count). The zero-order chi connectivity index (χ0) is 28.9. The van der Waals surface area contributed by atoms with E-state index in [1.165, 1.54) is 135 Å². The third kappa shape index (κ3) is 31.4. The first-order chi connectivity index (χ1) is 17.1. The van der Waals surface area contributed by atoms with Crippen LogP contribution < -0.4 is 0 Å². The van der Waals surface area contributed by atoms with Gasteiger partial charge in [0.15, 0.2) is 0 Å². The summed E-state index contributed by atoms with van der Waals surface area (Å²) in [5.41, 5.74) is 0. The maximum atomic E-state index is 9.87. The summed E-state index contributed by atoms with van der Waals surface area (Å²) in [4.78, 5) is 5.48. The van der Waals surface area contributed by atoms with Crippen molar-refractivity contribution in [3.05, 3.63) is 0 Å². The first-order valence-electron chi connectivity index (χ1n) is 14.7. The molecule has 37 heavy (non-hydrogen) atoms. The molecular weight excluding hydrogens is 511 g/mol. The summed E-state index contributed by atoms with van der Waals surface area (Å²) in [6.07, 6.45) is 21.6. The van der Waals surface area contributed by atoms with Crippen molar-refractivity contribution >= 4 is 13.8 Å². The van der Waals surface area contributed by atoms with Crippen LogP contribution in [0.25, 0.3) is 0 Å². The van der Waals surface area contributed by atoms with Gasteiger partial charge < -0.3 is 0 Å². The predicted octanol–water partition coefficient (Wildman–Crippen LogP) is 10.9. The van der Waals surface area contributed by atoms with Crippen LogP contribution in [0.15, 0.2) is 0 Å². The Kier molecular flexibility index (Phi) is 20.1. The van der Waals surface area contributed by atoms with Crippen LogP contribution in [-0.2, 0) is 0 Å². The van der Waals surface area contributed by atoms with Crippen molar-refractivity contribution in [3.63, 3.8) is 0 Å². The van der Waals surface area contributed by atoms with E-state index in [4.69, 9.17) is 0 Å². The number of guanidine groups is 1. The van der Waals surface area contributed by atoms with Gasteiger partial charge in [-0.25, -0.2) is 0 Å². The van der Waals surface area contributed by atoms with E-state index in [1.807, 2.05) is 0 Å². The standard InChI is InChI=1S/C27H58N3.F6P/c1-7-11-15-19-23-29(24-20-16-12-8-2)27(28(5)6)30(25-21-17-13-9-3)26-22-18-14-10-4;1-7(2,3,4,5)6/h7-26H2,1-6H3;/q+1;-1. The average Bonchev–Trinajstić information content (AvgIpc) is 2.76. The Bertz CT molecular complexity index is 512. The van der Waals surface area contributed by atoms with E-state index < -0.39 is 7.81 Å². The molecule has 0 fully saturated rings. The van der Waals surface area contributed by atoms with Crippen LogP contribution in [0, 0.1) is 0 Å². The van der Waals surface area contributed by atoms with Crippen molar-refractivity contribution in [1.82, 2.24) is 9.80 Å². The number of halogens is 6. The summed E-state index contributed by atoms with van der Waals surface area (Å²) < 4.78 is 61.6. The Morgan fingerprint density at radius 3 is 0.838 bits per heavy atom. The normalized spacial score (nSPS) is 13.3. The fraction of sp³-hybridized carbons (Fsp3) is 0.963. The van der Waals surface area contributed by atoms with Crippen molar-refractivity contribution in [2.45, 2.75) is 130 Å². The van der Waals surface area contributed by atoms with Gasteiger partial charge in [-0.05, 0) is 25.7 Å². The maximum absolute atomic E-state index is 10.7. The number of unbranched alkanes of at least 4 members (excludes halogenated alkanes) is 12. The number of hydrogen-bond acceptors (Lipinski definition) is 0. The Morgan fingerprint density at radius 2 is 0.676 bits per heavy atom. The molecule has 0 amide bonds. The zero-order valence-corrected chi connectivity index (χ0v) is 25.6. The van der Waals surface area contributed by atoms with Crippen molar-refractivity contribution in [3.8, 4) is 0 Å². The van der Waals surface area contributed by atoms with E-state index >= 15 is 0 Å². The van der Waals surface area contributed by atoms with E-state index in [9.17, 15) is 25.2 Å². The van der Waals surface area contributed by atoms with Gasteiger partial charge in [-0.1, -0.05) is 105 Å². The van der Waals surface area contributed by atoms with E-state index in [1.54, 1.807) is 0 Å². The van der Waals surface area contributed by atoms with Crippen LogP contribution in [0.3, 0.4) is 0 Å². The fourth-order valence-corrected chi connectivity index (χ4v) is 4.31. The molecule has 0 aromatic heterocycles. The van der Waals surface area contributed by atoms with Crippen LogP contribution in [-0.4, -0.2) is 60.6 Å². The molecular formula is C27H58F6N3P. The molecule has 228 valence electrons. The molecule has 0 unspecified atom stereocenters. The molecule has 0 aliphatic rings. The van der Waals surface area contributed by atoms with Gasteiger partial charge >= 0.3 is 38.9 Å². The molecule has 3 nitrogen and oxygen atoms in total. The minimum absolute atomic E-state index is 1.22. The van der Waals surface area contributed by atoms with E-state index in [0.29, 0.717) is 0 Å². The molecule has 0 bridgehead atoms. The summed E-state index contributed by atoms with van der Waals surface area (Å²) in [6.45, 7) is 14.1. The summed E-state index contributed by atoms with van der Waals surface area (Å²) >= 11 is 0. The monoisotopic (exact) mass is 569 g/mol. The van der Waals surface area contributed by atoms with Crippen molar-refractivity contribution < 1.29 is 29.8 Å². The van der Waals surface area contributed by atoms with Gasteiger partial charge in [-0.2, -0.15) is 0 Å². The van der Waals surface area contributed by atoms with Crippen molar-refractivity contribution in [1.29, 1.82) is 0 Å². The van der Waals surface area contributed by atoms with E-state index in [0.717, 1.165) is 0 Å². The van der Waals surface area contributed by atoms with Crippen LogP contribution in [0.2, 0.25) is 0 Å². The molecule has 10 heteroatoms. The van der Waals surface area contributed by atoms with Gasteiger partial charge in [0, 0.05) is 0 Å². The van der Waals surface area contributed by atoms with Crippen LogP contribution in [0.5, 0.6) is 0 Å². The molecule has 0 N–H and O–H groups in total. The van der Waals surface area contributed by atoms with Crippen LogP contribution in [0.4, 0.5) is 25.2 Å². The van der Waals surface area contributed by atoms with Gasteiger partial charge in [-0.3, -0.25) is 14.4 Å². The molecule has 0 heterocycles. The third-order valence-electron chi connectivity index (χ3n) is 6.09. The molecule has 0 aliphatic carbocycles. The second-order valence-corrected chi connectivity index (χ2v) is 12.3. The first-order valence-corrected chi connectivity index (χ1v) is 16.7. The molecule has 0 saturated heterocycles. The SMILES string of the molecule is CCCCCCN(CCCCCC)C(N(CCCCCC)CCCCCC)=[N+](C)C.F[P-](F)(F)(F)(F)F. The zero-order valence-electron chi connectivity index (χ0n) is 24.7. The third-order valence-corrected chi connectivity index (χ3v) is 6.09. The van der Waals surface area contributed by atoms with Gasteiger partial charge in [0.05, 0.1) is 40.3 Å². The topological polar surface area (TPSA) is 9.49 Å². The molecule has 0 radical (unpaired) electrons. The van der Waals surface area contributed by atoms with Gasteiger partial charge in [0.25, 0.3) is 0 Å². The van der Waals surface area contributed by atoms with Gasteiger partial charge in [-0.15, -0.1) is 0 Å². The second-order valence-electron chi connectivity index (χ2n) is 10.4. The molecule has 0 spiro atoms. The fourth-order valence-electron chi connectivity index (χ4n) is 4.31.